The van der Waals surface area contributed by atoms with Gasteiger partial charge in [0, 0.05) is 0 Å². The summed E-state index contributed by atoms with van der Waals surface area (Å²) in [4.78, 5) is 7.93. The Hall–Kier alpha value is -1.50. The fourth-order valence-electron chi connectivity index (χ4n) is 1.55. The van der Waals surface area contributed by atoms with Crippen molar-refractivity contribution in [2.75, 3.05) is 4.72 Å². The normalized spacial score (nSPS) is 10.9. The number of anilines is 1. The van der Waals surface area contributed by atoms with Gasteiger partial charge in [0.1, 0.15) is 4.60 Å². The van der Waals surface area contributed by atoms with Crippen molar-refractivity contribution < 1.29 is 8.42 Å². The van der Waals surface area contributed by atoms with Gasteiger partial charge in [-0.15, -0.1) is 0 Å². The molecule has 0 aliphatic carbocycles. The molecular formula is C12H8Br2N4O2S. The number of aromatic nitrogens is 2. The molecule has 1 N–H and O–H groups in total. The molecule has 0 amide bonds. The molecular weight excluding hydrogens is 424 g/mol. The summed E-state index contributed by atoms with van der Waals surface area (Å²) in [7, 11) is -3.66. The number of nitrogens with one attached hydrogen (secondary N) is 1. The molecule has 2 aromatic rings. The summed E-state index contributed by atoms with van der Waals surface area (Å²) in [6, 6.07) is 8.39. The first-order valence-corrected chi connectivity index (χ1v) is 8.81. The number of nitrogens with zero attached hydrogens (tertiary/aromatic N) is 3. The highest BCUT2D eigenvalue weighted by molar-refractivity contribution is 9.11. The predicted octanol–water partition coefficient (Wildman–Crippen LogP) is 2.82. The van der Waals surface area contributed by atoms with Crippen LogP contribution in [0, 0.1) is 11.3 Å². The van der Waals surface area contributed by atoms with Crippen molar-refractivity contribution in [3.63, 3.8) is 0 Å². The van der Waals surface area contributed by atoms with E-state index in [1.54, 1.807) is 18.2 Å². The summed E-state index contributed by atoms with van der Waals surface area (Å²) >= 11 is 6.27. The third kappa shape index (κ3) is 4.49. The Labute approximate surface area is 138 Å². The van der Waals surface area contributed by atoms with Crippen LogP contribution in [0.2, 0.25) is 0 Å². The average molecular weight is 432 g/mol. The molecule has 9 heteroatoms. The molecule has 1 aromatic heterocycles. The van der Waals surface area contributed by atoms with Gasteiger partial charge in [0.15, 0.2) is 10.4 Å². The smallest absolute Gasteiger partial charge is 0.238 e. The van der Waals surface area contributed by atoms with Gasteiger partial charge in [-0.05, 0) is 49.6 Å². The molecule has 0 aliphatic rings. The molecule has 1 aromatic carbocycles. The fraction of sp³-hybridized carbons (Fsp3) is 0.0833. The van der Waals surface area contributed by atoms with Gasteiger partial charge < -0.3 is 0 Å². The van der Waals surface area contributed by atoms with Gasteiger partial charge in [-0.25, -0.2) is 18.4 Å². The lowest BCUT2D eigenvalue weighted by Crippen LogP contribution is -2.16. The zero-order valence-corrected chi connectivity index (χ0v) is 14.4. The van der Waals surface area contributed by atoms with Crippen molar-refractivity contribution >= 4 is 47.7 Å². The first-order valence-electron chi connectivity index (χ1n) is 5.57. The summed E-state index contributed by atoms with van der Waals surface area (Å²) in [6.07, 6.45) is 1.39. The van der Waals surface area contributed by atoms with Crippen molar-refractivity contribution in [3.8, 4) is 6.07 Å². The van der Waals surface area contributed by atoms with Gasteiger partial charge in [-0.1, -0.05) is 12.1 Å². The van der Waals surface area contributed by atoms with Gasteiger partial charge in [0.2, 0.25) is 10.0 Å². The highest BCUT2D eigenvalue weighted by Crippen LogP contribution is 2.21. The SMILES string of the molecule is N#Cc1cccc(CS(=O)(=O)Nc2ncc(Br)nc2Br)c1. The molecule has 108 valence electrons. The van der Waals surface area contributed by atoms with Crippen LogP contribution in [0.4, 0.5) is 5.82 Å². The Morgan fingerprint density at radius 2 is 2.10 bits per heavy atom. The molecule has 0 fully saturated rings. The molecule has 1 heterocycles. The first kappa shape index (κ1) is 15.9. The lowest BCUT2D eigenvalue weighted by atomic mass is 10.2. The van der Waals surface area contributed by atoms with Crippen LogP contribution in [0.25, 0.3) is 0 Å². The zero-order valence-electron chi connectivity index (χ0n) is 10.4. The van der Waals surface area contributed by atoms with Gasteiger partial charge in [0.05, 0.1) is 23.6 Å². The van der Waals surface area contributed by atoms with Gasteiger partial charge in [-0.3, -0.25) is 4.72 Å². The van der Waals surface area contributed by atoms with E-state index in [4.69, 9.17) is 5.26 Å². The molecule has 0 spiro atoms. The average Bonchev–Trinajstić information content (AvgIpc) is 2.41. The number of sulfonamides is 1. The quantitative estimate of drug-likeness (QED) is 0.802. The first-order chi connectivity index (χ1) is 9.89. The van der Waals surface area contributed by atoms with E-state index in [-0.39, 0.29) is 16.2 Å². The molecule has 0 radical (unpaired) electrons. The standard InChI is InChI=1S/C12H8Br2N4O2S/c13-10-6-16-12(11(14)17-10)18-21(19,20)7-9-3-1-2-8(4-9)5-15/h1-4,6H,7H2,(H,16,18). The van der Waals surface area contributed by atoms with Crippen molar-refractivity contribution in [3.05, 3.63) is 50.8 Å². The van der Waals surface area contributed by atoms with Crippen LogP contribution >= 0.6 is 31.9 Å². The molecule has 21 heavy (non-hydrogen) atoms. The van der Waals surface area contributed by atoms with E-state index in [2.05, 4.69) is 46.5 Å². The maximum Gasteiger partial charge on any atom is 0.238 e. The summed E-state index contributed by atoms with van der Waals surface area (Å²) in [5.41, 5.74) is 0.926. The van der Waals surface area contributed by atoms with Crippen LogP contribution in [0.3, 0.4) is 0 Å². The second-order valence-corrected chi connectivity index (χ2v) is 7.29. The van der Waals surface area contributed by atoms with E-state index in [0.29, 0.717) is 15.7 Å². The Morgan fingerprint density at radius 3 is 2.76 bits per heavy atom. The van der Waals surface area contributed by atoms with Crippen LogP contribution in [0.1, 0.15) is 11.1 Å². The third-order valence-corrected chi connectivity index (χ3v) is 4.52. The maximum atomic E-state index is 12.1. The Balaban J connectivity index is 2.20. The maximum absolute atomic E-state index is 12.1. The van der Waals surface area contributed by atoms with Crippen molar-refractivity contribution in [1.29, 1.82) is 5.26 Å². The highest BCUT2D eigenvalue weighted by Gasteiger charge is 2.15. The Kier molecular flexibility index (Phi) is 4.92. The minimum absolute atomic E-state index is 0.106. The number of hydrogen-bond acceptors (Lipinski definition) is 5. The topological polar surface area (TPSA) is 95.7 Å². The van der Waals surface area contributed by atoms with E-state index in [0.717, 1.165) is 0 Å². The number of hydrogen-bond donors (Lipinski definition) is 1. The van der Waals surface area contributed by atoms with Crippen molar-refractivity contribution in [2.24, 2.45) is 0 Å². The minimum Gasteiger partial charge on any atom is -0.265 e. The zero-order chi connectivity index (χ0) is 15.5. The van der Waals surface area contributed by atoms with Crippen LogP contribution in [-0.2, 0) is 15.8 Å². The van der Waals surface area contributed by atoms with Crippen molar-refractivity contribution in [2.45, 2.75) is 5.75 Å². The summed E-state index contributed by atoms with van der Waals surface area (Å²) in [5.74, 6) is -0.151. The molecule has 0 unspecified atom stereocenters. The van der Waals surface area contributed by atoms with Crippen LogP contribution in [0.15, 0.2) is 39.7 Å². The molecule has 0 saturated carbocycles. The highest BCUT2D eigenvalue weighted by atomic mass is 79.9. The molecule has 2 rings (SSSR count). The number of rotatable bonds is 4. The molecule has 0 saturated heterocycles. The lowest BCUT2D eigenvalue weighted by molar-refractivity contribution is 0.600. The second kappa shape index (κ2) is 6.51. The number of benzene rings is 1. The molecule has 6 nitrogen and oxygen atoms in total. The van der Waals surface area contributed by atoms with Gasteiger partial charge in [-0.2, -0.15) is 5.26 Å². The third-order valence-electron chi connectivity index (χ3n) is 2.37. The summed E-state index contributed by atoms with van der Waals surface area (Å²) < 4.78 is 27.3. The van der Waals surface area contributed by atoms with E-state index < -0.39 is 10.0 Å². The van der Waals surface area contributed by atoms with Crippen molar-refractivity contribution in [1.82, 2.24) is 9.97 Å². The van der Waals surface area contributed by atoms with Crippen LogP contribution < -0.4 is 4.72 Å². The van der Waals surface area contributed by atoms with Gasteiger partial charge >= 0.3 is 0 Å². The lowest BCUT2D eigenvalue weighted by Gasteiger charge is -2.08. The van der Waals surface area contributed by atoms with Crippen LogP contribution in [0.5, 0.6) is 0 Å². The number of halogens is 2. The number of nitriles is 1. The molecule has 0 bridgehead atoms. The van der Waals surface area contributed by atoms with Crippen LogP contribution in [-0.4, -0.2) is 18.4 Å². The van der Waals surface area contributed by atoms with E-state index in [9.17, 15) is 8.42 Å². The van der Waals surface area contributed by atoms with E-state index in [1.165, 1.54) is 12.3 Å². The molecule has 0 aliphatic heterocycles. The fourth-order valence-corrected chi connectivity index (χ4v) is 3.72. The summed E-state index contributed by atoms with van der Waals surface area (Å²) in [6.45, 7) is 0. The predicted molar refractivity (Wildman–Crippen MR) is 84.8 cm³/mol. The Bertz CT molecular complexity index is 818. The monoisotopic (exact) mass is 430 g/mol. The second-order valence-electron chi connectivity index (χ2n) is 4.01. The van der Waals surface area contributed by atoms with E-state index in [1.807, 2.05) is 6.07 Å². The minimum atomic E-state index is -3.66. The largest absolute Gasteiger partial charge is 0.265 e. The molecule has 0 atom stereocenters. The van der Waals surface area contributed by atoms with E-state index >= 15 is 0 Å². The van der Waals surface area contributed by atoms with Gasteiger partial charge in [0.25, 0.3) is 0 Å². The summed E-state index contributed by atoms with van der Waals surface area (Å²) in [5, 5.41) is 8.81. The Morgan fingerprint density at radius 1 is 1.33 bits per heavy atom.